The summed E-state index contributed by atoms with van der Waals surface area (Å²) >= 11 is 1.75. The number of aromatic nitrogens is 1. The standard InChI is InChI=1S/C16H28N2OS/c1-3-9-17-14(11-15-12-20-13(2)18-15)7-8-16-6-4-5-10-19-16/h12,14,16-17H,3-11H2,1-2H3. The van der Waals surface area contributed by atoms with E-state index in [4.69, 9.17) is 4.74 Å². The molecule has 2 heterocycles. The smallest absolute Gasteiger partial charge is 0.0897 e. The lowest BCUT2D eigenvalue weighted by Gasteiger charge is -2.25. The molecule has 0 aromatic carbocycles. The summed E-state index contributed by atoms with van der Waals surface area (Å²) < 4.78 is 5.85. The third-order valence-electron chi connectivity index (χ3n) is 3.92. The second-order valence-electron chi connectivity index (χ2n) is 5.78. The van der Waals surface area contributed by atoms with Crippen molar-refractivity contribution in [1.29, 1.82) is 0 Å². The molecule has 20 heavy (non-hydrogen) atoms. The van der Waals surface area contributed by atoms with Gasteiger partial charge in [0.15, 0.2) is 0 Å². The fraction of sp³-hybridized carbons (Fsp3) is 0.812. The van der Waals surface area contributed by atoms with Crippen LogP contribution in [0.4, 0.5) is 0 Å². The molecule has 1 N–H and O–H groups in total. The Balaban J connectivity index is 1.79. The van der Waals surface area contributed by atoms with E-state index in [2.05, 4.69) is 29.5 Å². The average molecular weight is 296 g/mol. The summed E-state index contributed by atoms with van der Waals surface area (Å²) in [6.45, 7) is 6.36. The predicted octanol–water partition coefficient (Wildman–Crippen LogP) is 3.71. The van der Waals surface area contributed by atoms with Crippen LogP contribution >= 0.6 is 11.3 Å². The second kappa shape index (κ2) is 8.75. The number of hydrogen-bond acceptors (Lipinski definition) is 4. The SMILES string of the molecule is CCCNC(CCC1CCCCO1)Cc1csc(C)n1. The molecule has 1 aromatic rings. The molecule has 0 amide bonds. The Morgan fingerprint density at radius 1 is 1.50 bits per heavy atom. The highest BCUT2D eigenvalue weighted by Gasteiger charge is 2.17. The lowest BCUT2D eigenvalue weighted by molar-refractivity contribution is 0.00857. The molecule has 1 saturated heterocycles. The summed E-state index contributed by atoms with van der Waals surface area (Å²) in [7, 11) is 0. The lowest BCUT2D eigenvalue weighted by Crippen LogP contribution is -2.33. The van der Waals surface area contributed by atoms with Gasteiger partial charge < -0.3 is 10.1 Å². The van der Waals surface area contributed by atoms with E-state index >= 15 is 0 Å². The van der Waals surface area contributed by atoms with E-state index in [0.29, 0.717) is 12.1 Å². The van der Waals surface area contributed by atoms with Gasteiger partial charge in [-0.15, -0.1) is 11.3 Å². The van der Waals surface area contributed by atoms with Gasteiger partial charge in [-0.2, -0.15) is 0 Å². The van der Waals surface area contributed by atoms with Crippen molar-refractivity contribution >= 4 is 11.3 Å². The number of ether oxygens (including phenoxy) is 1. The molecule has 0 spiro atoms. The zero-order valence-electron chi connectivity index (χ0n) is 12.9. The lowest BCUT2D eigenvalue weighted by atomic mass is 9.99. The molecule has 2 unspecified atom stereocenters. The van der Waals surface area contributed by atoms with E-state index in [1.807, 2.05) is 0 Å². The van der Waals surface area contributed by atoms with Crippen LogP contribution in [0, 0.1) is 6.92 Å². The summed E-state index contributed by atoms with van der Waals surface area (Å²) in [4.78, 5) is 4.60. The summed E-state index contributed by atoms with van der Waals surface area (Å²) in [6, 6.07) is 0.543. The highest BCUT2D eigenvalue weighted by atomic mass is 32.1. The Hall–Kier alpha value is -0.450. The molecule has 1 aromatic heterocycles. The molecule has 4 heteroatoms. The fourth-order valence-corrected chi connectivity index (χ4v) is 3.43. The van der Waals surface area contributed by atoms with Crippen LogP contribution in [-0.2, 0) is 11.2 Å². The van der Waals surface area contributed by atoms with Crippen molar-refractivity contribution in [1.82, 2.24) is 10.3 Å². The van der Waals surface area contributed by atoms with Gasteiger partial charge in [0.25, 0.3) is 0 Å². The Kier molecular flexibility index (Phi) is 6.97. The van der Waals surface area contributed by atoms with Gasteiger partial charge in [-0.05, 0) is 52.0 Å². The van der Waals surface area contributed by atoms with Crippen molar-refractivity contribution in [2.24, 2.45) is 0 Å². The number of rotatable bonds is 8. The van der Waals surface area contributed by atoms with Crippen molar-refractivity contribution in [3.05, 3.63) is 16.1 Å². The van der Waals surface area contributed by atoms with Crippen LogP contribution in [0.3, 0.4) is 0 Å². The normalized spacial score (nSPS) is 21.0. The number of nitrogens with one attached hydrogen (secondary N) is 1. The molecule has 1 aliphatic rings. The first-order chi connectivity index (χ1) is 9.78. The molecule has 0 saturated carbocycles. The summed E-state index contributed by atoms with van der Waals surface area (Å²) in [5, 5.41) is 7.05. The van der Waals surface area contributed by atoms with Crippen LogP contribution in [-0.4, -0.2) is 30.3 Å². The number of aryl methyl sites for hydroxylation is 1. The molecule has 114 valence electrons. The Bertz CT molecular complexity index is 374. The monoisotopic (exact) mass is 296 g/mol. The third kappa shape index (κ3) is 5.51. The van der Waals surface area contributed by atoms with Crippen molar-refractivity contribution in [3.8, 4) is 0 Å². The zero-order chi connectivity index (χ0) is 14.2. The van der Waals surface area contributed by atoms with Gasteiger partial charge in [-0.1, -0.05) is 6.92 Å². The van der Waals surface area contributed by atoms with E-state index in [1.165, 1.54) is 49.2 Å². The molecule has 0 bridgehead atoms. The Labute approximate surface area is 127 Å². The van der Waals surface area contributed by atoms with E-state index in [0.717, 1.165) is 19.6 Å². The van der Waals surface area contributed by atoms with Crippen molar-refractivity contribution in [2.45, 2.75) is 70.9 Å². The van der Waals surface area contributed by atoms with Gasteiger partial charge in [-0.3, -0.25) is 0 Å². The average Bonchev–Trinajstić information content (AvgIpc) is 2.88. The van der Waals surface area contributed by atoms with Gasteiger partial charge in [0.05, 0.1) is 16.8 Å². The van der Waals surface area contributed by atoms with Crippen LogP contribution in [0.15, 0.2) is 5.38 Å². The predicted molar refractivity (Wildman–Crippen MR) is 85.5 cm³/mol. The van der Waals surface area contributed by atoms with Crippen molar-refractivity contribution in [2.75, 3.05) is 13.2 Å². The largest absolute Gasteiger partial charge is 0.378 e. The molecule has 0 aliphatic carbocycles. The molecular formula is C16H28N2OS. The first kappa shape index (κ1) is 15.9. The summed E-state index contributed by atoms with van der Waals surface area (Å²) in [6.07, 6.45) is 8.94. The van der Waals surface area contributed by atoms with Gasteiger partial charge in [-0.25, -0.2) is 4.98 Å². The third-order valence-corrected chi connectivity index (χ3v) is 4.74. The molecular weight excluding hydrogens is 268 g/mol. The molecule has 0 radical (unpaired) electrons. The first-order valence-corrected chi connectivity index (χ1v) is 8.92. The Morgan fingerprint density at radius 2 is 2.40 bits per heavy atom. The molecule has 3 nitrogen and oxygen atoms in total. The second-order valence-corrected chi connectivity index (χ2v) is 6.84. The summed E-state index contributed by atoms with van der Waals surface area (Å²) in [5.41, 5.74) is 1.24. The van der Waals surface area contributed by atoms with E-state index in [-0.39, 0.29) is 0 Å². The van der Waals surface area contributed by atoms with Crippen molar-refractivity contribution in [3.63, 3.8) is 0 Å². The maximum atomic E-state index is 5.85. The van der Waals surface area contributed by atoms with Crippen LogP contribution in [0.5, 0.6) is 0 Å². The molecule has 1 aliphatic heterocycles. The van der Waals surface area contributed by atoms with Gasteiger partial charge >= 0.3 is 0 Å². The minimum absolute atomic E-state index is 0.492. The van der Waals surface area contributed by atoms with Crippen LogP contribution in [0.2, 0.25) is 0 Å². The van der Waals surface area contributed by atoms with E-state index < -0.39 is 0 Å². The highest BCUT2D eigenvalue weighted by Crippen LogP contribution is 2.19. The van der Waals surface area contributed by atoms with Crippen LogP contribution in [0.25, 0.3) is 0 Å². The van der Waals surface area contributed by atoms with Crippen LogP contribution < -0.4 is 5.32 Å². The number of thiazole rings is 1. The minimum atomic E-state index is 0.492. The topological polar surface area (TPSA) is 34.1 Å². The number of nitrogens with zero attached hydrogens (tertiary/aromatic N) is 1. The Morgan fingerprint density at radius 3 is 3.05 bits per heavy atom. The number of hydrogen-bond donors (Lipinski definition) is 1. The van der Waals surface area contributed by atoms with Gasteiger partial charge in [0.2, 0.25) is 0 Å². The quantitative estimate of drug-likeness (QED) is 0.794. The van der Waals surface area contributed by atoms with Gasteiger partial charge in [0.1, 0.15) is 0 Å². The fourth-order valence-electron chi connectivity index (χ4n) is 2.80. The van der Waals surface area contributed by atoms with Gasteiger partial charge in [0, 0.05) is 24.4 Å². The minimum Gasteiger partial charge on any atom is -0.378 e. The molecule has 2 atom stereocenters. The maximum Gasteiger partial charge on any atom is 0.0897 e. The molecule has 1 fully saturated rings. The van der Waals surface area contributed by atoms with E-state index in [9.17, 15) is 0 Å². The highest BCUT2D eigenvalue weighted by molar-refractivity contribution is 7.09. The van der Waals surface area contributed by atoms with Crippen molar-refractivity contribution < 1.29 is 4.74 Å². The maximum absolute atomic E-state index is 5.85. The zero-order valence-corrected chi connectivity index (χ0v) is 13.7. The van der Waals surface area contributed by atoms with E-state index in [1.54, 1.807) is 11.3 Å². The first-order valence-electron chi connectivity index (χ1n) is 8.04. The molecule has 2 rings (SSSR count). The van der Waals surface area contributed by atoms with Crippen LogP contribution in [0.1, 0.15) is 56.2 Å². The summed E-state index contributed by atoms with van der Waals surface area (Å²) in [5.74, 6) is 0.